The number of amides is 2. The van der Waals surface area contributed by atoms with Crippen LogP contribution in [0.15, 0.2) is 59.6 Å². The Balaban J connectivity index is 1.55. The van der Waals surface area contributed by atoms with E-state index in [1.807, 2.05) is 44.2 Å². The summed E-state index contributed by atoms with van der Waals surface area (Å²) in [7, 11) is 0. The molecule has 1 saturated heterocycles. The first-order valence-electron chi connectivity index (χ1n) is 9.18. The van der Waals surface area contributed by atoms with E-state index >= 15 is 0 Å². The first-order valence-corrected chi connectivity index (χ1v) is 10.1. The summed E-state index contributed by atoms with van der Waals surface area (Å²) in [5, 5.41) is 5.66. The molecular weight excluding hydrogens is 374 g/mol. The van der Waals surface area contributed by atoms with Crippen LogP contribution in [0, 0.1) is 0 Å². The monoisotopic (exact) mass is 397 g/mol. The van der Waals surface area contributed by atoms with Crippen LogP contribution in [0.3, 0.4) is 0 Å². The van der Waals surface area contributed by atoms with Crippen LogP contribution < -0.4 is 15.4 Å². The van der Waals surface area contributed by atoms with Gasteiger partial charge in [-0.1, -0.05) is 42.1 Å². The Morgan fingerprint density at radius 3 is 2.61 bits per heavy atom. The first-order chi connectivity index (χ1) is 13.5. The Morgan fingerprint density at radius 2 is 1.93 bits per heavy atom. The second kappa shape index (κ2) is 9.41. The molecule has 0 aromatic heterocycles. The molecule has 1 aliphatic rings. The minimum absolute atomic E-state index is 0.0690. The van der Waals surface area contributed by atoms with E-state index in [1.54, 1.807) is 24.3 Å². The average Bonchev–Trinajstić information content (AvgIpc) is 3.03. The molecule has 6 nitrogen and oxygen atoms in total. The lowest BCUT2D eigenvalue weighted by atomic mass is 10.1. The number of aliphatic imine (C=N–C) groups is 1. The molecule has 2 atom stereocenters. The van der Waals surface area contributed by atoms with Gasteiger partial charge in [0.05, 0.1) is 12.6 Å². The molecule has 0 saturated carbocycles. The van der Waals surface area contributed by atoms with E-state index in [0.717, 1.165) is 11.3 Å². The number of thioether (sulfide) groups is 1. The van der Waals surface area contributed by atoms with Crippen molar-refractivity contribution in [2.45, 2.75) is 31.6 Å². The molecule has 1 aliphatic heterocycles. The molecule has 28 heavy (non-hydrogen) atoms. The molecule has 2 aromatic carbocycles. The molecule has 146 valence electrons. The number of anilines is 1. The number of hydrogen-bond acceptors (Lipinski definition) is 5. The first kappa shape index (κ1) is 19.9. The molecule has 1 fully saturated rings. The molecule has 3 rings (SSSR count). The summed E-state index contributed by atoms with van der Waals surface area (Å²) in [6.07, 6.45) is 0.0858. The van der Waals surface area contributed by atoms with Crippen LogP contribution in [0.25, 0.3) is 0 Å². The Bertz CT molecular complexity index is 853. The van der Waals surface area contributed by atoms with Crippen LogP contribution in [0.1, 0.15) is 31.9 Å². The van der Waals surface area contributed by atoms with Gasteiger partial charge in [0.2, 0.25) is 11.8 Å². The van der Waals surface area contributed by atoms with Gasteiger partial charge in [0, 0.05) is 12.1 Å². The minimum atomic E-state index is -0.482. The topological polar surface area (TPSA) is 79.8 Å². The summed E-state index contributed by atoms with van der Waals surface area (Å²) in [6, 6.07) is 16.9. The van der Waals surface area contributed by atoms with Crippen molar-refractivity contribution in [1.29, 1.82) is 0 Å². The van der Waals surface area contributed by atoms with Gasteiger partial charge in [0.15, 0.2) is 5.17 Å². The summed E-state index contributed by atoms with van der Waals surface area (Å²) >= 11 is 1.30. The fourth-order valence-corrected chi connectivity index (χ4v) is 3.81. The zero-order valence-electron chi connectivity index (χ0n) is 15.8. The average molecular weight is 398 g/mol. The summed E-state index contributed by atoms with van der Waals surface area (Å²) in [5.41, 5.74) is 1.74. The van der Waals surface area contributed by atoms with Crippen LogP contribution in [0.4, 0.5) is 5.69 Å². The van der Waals surface area contributed by atoms with Gasteiger partial charge in [-0.2, -0.15) is 0 Å². The van der Waals surface area contributed by atoms with Gasteiger partial charge in [-0.3, -0.25) is 14.6 Å². The van der Waals surface area contributed by atoms with Gasteiger partial charge >= 0.3 is 0 Å². The maximum atomic E-state index is 12.3. The zero-order valence-corrected chi connectivity index (χ0v) is 16.7. The summed E-state index contributed by atoms with van der Waals surface area (Å²) < 4.78 is 5.38. The lowest BCUT2D eigenvalue weighted by Gasteiger charge is -2.09. The fourth-order valence-electron chi connectivity index (χ4n) is 2.76. The van der Waals surface area contributed by atoms with Crippen molar-refractivity contribution in [2.24, 2.45) is 4.99 Å². The Kier molecular flexibility index (Phi) is 6.71. The number of rotatable bonds is 7. The van der Waals surface area contributed by atoms with Crippen LogP contribution in [-0.4, -0.2) is 28.8 Å². The Labute approximate surface area is 168 Å². The smallest absolute Gasteiger partial charge is 0.240 e. The van der Waals surface area contributed by atoms with Gasteiger partial charge in [-0.15, -0.1) is 0 Å². The normalized spacial score (nSPS) is 18.6. The van der Waals surface area contributed by atoms with E-state index in [0.29, 0.717) is 17.5 Å². The maximum absolute atomic E-state index is 12.3. The highest BCUT2D eigenvalue weighted by Crippen LogP contribution is 2.26. The maximum Gasteiger partial charge on any atom is 0.240 e. The number of hydrogen-bond donors (Lipinski definition) is 2. The van der Waals surface area contributed by atoms with E-state index in [-0.39, 0.29) is 24.3 Å². The Morgan fingerprint density at radius 1 is 1.21 bits per heavy atom. The summed E-state index contributed by atoms with van der Waals surface area (Å²) in [5.74, 6) is 0.347. The third kappa shape index (κ3) is 5.36. The molecule has 1 heterocycles. The lowest BCUT2D eigenvalue weighted by molar-refractivity contribution is -0.122. The second-order valence-electron chi connectivity index (χ2n) is 6.33. The second-order valence-corrected chi connectivity index (χ2v) is 7.52. The molecule has 0 bridgehead atoms. The predicted octanol–water partition coefficient (Wildman–Crippen LogP) is 3.76. The van der Waals surface area contributed by atoms with Crippen LogP contribution in [0.2, 0.25) is 0 Å². The van der Waals surface area contributed by atoms with E-state index in [2.05, 4.69) is 15.6 Å². The number of benzene rings is 2. The third-order valence-electron chi connectivity index (χ3n) is 4.19. The van der Waals surface area contributed by atoms with Crippen molar-refractivity contribution >= 4 is 34.4 Å². The lowest BCUT2D eigenvalue weighted by Crippen LogP contribution is -2.28. The van der Waals surface area contributed by atoms with Crippen LogP contribution in [-0.2, 0) is 9.59 Å². The molecule has 7 heteroatoms. The number of carbonyl (C=O) groups is 2. The molecular formula is C21H23N3O3S. The number of carbonyl (C=O) groups excluding carboxylic acids is 2. The quantitative estimate of drug-likeness (QED) is 0.745. The van der Waals surface area contributed by atoms with Gasteiger partial charge in [0.25, 0.3) is 0 Å². The number of nitrogens with one attached hydrogen (secondary N) is 2. The van der Waals surface area contributed by atoms with E-state index in [1.165, 1.54) is 11.8 Å². The van der Waals surface area contributed by atoms with Crippen molar-refractivity contribution in [2.75, 3.05) is 11.9 Å². The standard InChI is InChI=1S/C21H23N3O3S/c1-3-27-17-11-9-16(10-12-17)23-19(25)13-18-20(26)24-21(28-18)22-14(2)15-7-5-4-6-8-15/h4-12,14,18H,3,13H2,1-2H3,(H,23,25)(H,22,24,26)/t14-,18-/m0/s1. The SMILES string of the molecule is CCOc1ccc(NC(=O)C[C@@H]2SC(=N[C@@H](C)c3ccccc3)NC2=O)cc1. The number of ether oxygens (including phenoxy) is 1. The van der Waals surface area contributed by atoms with Gasteiger partial charge < -0.3 is 15.4 Å². The highest BCUT2D eigenvalue weighted by atomic mass is 32.2. The molecule has 0 radical (unpaired) electrons. The molecule has 2 amide bonds. The summed E-state index contributed by atoms with van der Waals surface area (Å²) in [4.78, 5) is 29.1. The number of amidine groups is 1. The van der Waals surface area contributed by atoms with Crippen LogP contribution in [0.5, 0.6) is 5.75 Å². The molecule has 2 aromatic rings. The highest BCUT2D eigenvalue weighted by molar-refractivity contribution is 8.15. The van der Waals surface area contributed by atoms with Gasteiger partial charge in [0.1, 0.15) is 11.0 Å². The summed E-state index contributed by atoms with van der Waals surface area (Å²) in [6.45, 7) is 4.48. The van der Waals surface area contributed by atoms with Crippen LogP contribution >= 0.6 is 11.8 Å². The molecule has 0 unspecified atom stereocenters. The molecule has 0 aliphatic carbocycles. The predicted molar refractivity (Wildman–Crippen MR) is 113 cm³/mol. The van der Waals surface area contributed by atoms with Crippen molar-refractivity contribution < 1.29 is 14.3 Å². The minimum Gasteiger partial charge on any atom is -0.494 e. The number of nitrogens with zero attached hydrogens (tertiary/aromatic N) is 1. The van der Waals surface area contributed by atoms with Crippen molar-refractivity contribution in [3.05, 3.63) is 60.2 Å². The molecule has 0 spiro atoms. The van der Waals surface area contributed by atoms with Crippen molar-refractivity contribution in [1.82, 2.24) is 5.32 Å². The highest BCUT2D eigenvalue weighted by Gasteiger charge is 2.32. The van der Waals surface area contributed by atoms with E-state index in [4.69, 9.17) is 4.74 Å². The van der Waals surface area contributed by atoms with E-state index < -0.39 is 5.25 Å². The third-order valence-corrected chi connectivity index (χ3v) is 5.29. The fraction of sp³-hybridized carbons (Fsp3) is 0.286. The zero-order chi connectivity index (χ0) is 19.9. The Hall–Kier alpha value is -2.80. The van der Waals surface area contributed by atoms with E-state index in [9.17, 15) is 9.59 Å². The van der Waals surface area contributed by atoms with Gasteiger partial charge in [-0.25, -0.2) is 0 Å². The largest absolute Gasteiger partial charge is 0.494 e. The van der Waals surface area contributed by atoms with Crippen molar-refractivity contribution in [3.63, 3.8) is 0 Å². The molecule has 2 N–H and O–H groups in total. The van der Waals surface area contributed by atoms with Crippen molar-refractivity contribution in [3.8, 4) is 5.75 Å². The van der Waals surface area contributed by atoms with Gasteiger partial charge in [-0.05, 0) is 43.7 Å².